The Morgan fingerprint density at radius 2 is 1.84 bits per heavy atom. The number of nitrogens with two attached hydrogens (primary N) is 1. The molecule has 1 unspecified atom stereocenters. The average molecular weight is 322 g/mol. The molecule has 0 aliphatic carbocycles. The van der Waals surface area contributed by atoms with Gasteiger partial charge in [-0.3, -0.25) is 0 Å². The van der Waals surface area contributed by atoms with E-state index in [9.17, 15) is 5.11 Å². The minimum Gasteiger partial charge on any atom is -0.497 e. The summed E-state index contributed by atoms with van der Waals surface area (Å²) in [5.74, 6) is 0.696. The van der Waals surface area contributed by atoms with Gasteiger partial charge in [-0.15, -0.1) is 0 Å². The van der Waals surface area contributed by atoms with Crippen molar-refractivity contribution >= 4 is 15.9 Å². The third kappa shape index (κ3) is 2.81. The van der Waals surface area contributed by atoms with Crippen LogP contribution in [0, 0.1) is 0 Å². The number of hydrogen-bond acceptors (Lipinski definition) is 3. The first-order chi connectivity index (χ1) is 9.10. The lowest BCUT2D eigenvalue weighted by Gasteiger charge is -2.28. The first kappa shape index (κ1) is 14.1. The van der Waals surface area contributed by atoms with Gasteiger partial charge in [0.15, 0.2) is 0 Å². The molecule has 0 saturated carbocycles. The first-order valence-corrected chi connectivity index (χ1v) is 6.72. The molecule has 100 valence electrons. The zero-order chi connectivity index (χ0) is 13.9. The molecule has 0 spiro atoms. The van der Waals surface area contributed by atoms with E-state index in [1.54, 1.807) is 13.2 Å². The molecule has 0 radical (unpaired) electrons. The van der Waals surface area contributed by atoms with Gasteiger partial charge in [-0.2, -0.15) is 0 Å². The molecule has 2 aromatic carbocycles. The number of ether oxygens (including phenoxy) is 1. The van der Waals surface area contributed by atoms with Crippen LogP contribution in [0.3, 0.4) is 0 Å². The van der Waals surface area contributed by atoms with Crippen molar-refractivity contribution in [3.63, 3.8) is 0 Å². The minimum atomic E-state index is -1.21. The van der Waals surface area contributed by atoms with Gasteiger partial charge in [-0.25, -0.2) is 0 Å². The Kier molecular flexibility index (Phi) is 4.24. The summed E-state index contributed by atoms with van der Waals surface area (Å²) in [6, 6.07) is 14.8. The maximum absolute atomic E-state index is 10.9. The summed E-state index contributed by atoms with van der Waals surface area (Å²) in [4.78, 5) is 0. The molecule has 0 heterocycles. The van der Waals surface area contributed by atoms with Crippen molar-refractivity contribution in [1.29, 1.82) is 0 Å². The van der Waals surface area contributed by atoms with Gasteiger partial charge in [-0.1, -0.05) is 40.2 Å². The van der Waals surface area contributed by atoms with Gasteiger partial charge in [0, 0.05) is 11.0 Å². The standard InChI is InChI=1S/C15H16BrNO2/c1-19-14-4-2-3-12(9-14)15(18,10-17)11-5-7-13(16)8-6-11/h2-9,18H,10,17H2,1H3. The molecule has 19 heavy (non-hydrogen) atoms. The fourth-order valence-corrected chi connectivity index (χ4v) is 2.27. The third-order valence-corrected chi connectivity index (χ3v) is 3.69. The van der Waals surface area contributed by atoms with Gasteiger partial charge in [0.2, 0.25) is 0 Å². The van der Waals surface area contributed by atoms with Gasteiger partial charge < -0.3 is 15.6 Å². The van der Waals surface area contributed by atoms with Crippen molar-refractivity contribution in [1.82, 2.24) is 0 Å². The van der Waals surface area contributed by atoms with Gasteiger partial charge in [-0.05, 0) is 35.4 Å². The number of hydrogen-bond donors (Lipinski definition) is 2. The molecule has 0 aromatic heterocycles. The van der Waals surface area contributed by atoms with Crippen LogP contribution in [0.25, 0.3) is 0 Å². The lowest BCUT2D eigenvalue weighted by Crippen LogP contribution is -2.36. The van der Waals surface area contributed by atoms with E-state index in [2.05, 4.69) is 15.9 Å². The maximum atomic E-state index is 10.9. The Morgan fingerprint density at radius 1 is 1.16 bits per heavy atom. The highest BCUT2D eigenvalue weighted by molar-refractivity contribution is 9.10. The van der Waals surface area contributed by atoms with E-state index in [-0.39, 0.29) is 6.54 Å². The van der Waals surface area contributed by atoms with E-state index in [0.717, 1.165) is 15.6 Å². The smallest absolute Gasteiger partial charge is 0.127 e. The Bertz CT molecular complexity index is 556. The first-order valence-electron chi connectivity index (χ1n) is 5.93. The number of rotatable bonds is 4. The third-order valence-electron chi connectivity index (χ3n) is 3.16. The van der Waals surface area contributed by atoms with E-state index in [1.807, 2.05) is 42.5 Å². The zero-order valence-electron chi connectivity index (χ0n) is 10.6. The number of benzene rings is 2. The number of methoxy groups -OCH3 is 1. The fraction of sp³-hybridized carbons (Fsp3) is 0.200. The summed E-state index contributed by atoms with van der Waals surface area (Å²) in [5.41, 5.74) is 6.06. The molecule has 3 nitrogen and oxygen atoms in total. The summed E-state index contributed by atoms with van der Waals surface area (Å²) in [6.07, 6.45) is 0. The summed E-state index contributed by atoms with van der Waals surface area (Å²) < 4.78 is 6.15. The zero-order valence-corrected chi connectivity index (χ0v) is 12.2. The number of halogens is 1. The van der Waals surface area contributed by atoms with E-state index in [1.165, 1.54) is 0 Å². The Labute approximate surface area is 121 Å². The van der Waals surface area contributed by atoms with Crippen LogP contribution in [0.1, 0.15) is 11.1 Å². The molecule has 2 aromatic rings. The molecule has 0 amide bonds. The quantitative estimate of drug-likeness (QED) is 0.910. The predicted octanol–water partition coefficient (Wildman–Crippen LogP) is 2.65. The Balaban J connectivity index is 2.49. The van der Waals surface area contributed by atoms with Gasteiger partial charge in [0.25, 0.3) is 0 Å². The summed E-state index contributed by atoms with van der Waals surface area (Å²) >= 11 is 3.38. The van der Waals surface area contributed by atoms with Crippen LogP contribution in [0.4, 0.5) is 0 Å². The summed E-state index contributed by atoms with van der Waals surface area (Å²) in [5, 5.41) is 10.9. The van der Waals surface area contributed by atoms with Crippen molar-refractivity contribution in [2.24, 2.45) is 5.73 Å². The maximum Gasteiger partial charge on any atom is 0.127 e. The molecule has 0 bridgehead atoms. The fourth-order valence-electron chi connectivity index (χ4n) is 2.01. The molecule has 0 aliphatic rings. The van der Waals surface area contributed by atoms with E-state index < -0.39 is 5.60 Å². The van der Waals surface area contributed by atoms with Gasteiger partial charge >= 0.3 is 0 Å². The number of aliphatic hydroxyl groups is 1. The predicted molar refractivity (Wildman–Crippen MR) is 79.2 cm³/mol. The van der Waals surface area contributed by atoms with E-state index in [0.29, 0.717) is 5.75 Å². The summed E-state index contributed by atoms with van der Waals surface area (Å²) in [7, 11) is 1.60. The normalized spacial score (nSPS) is 13.9. The largest absolute Gasteiger partial charge is 0.497 e. The molecular weight excluding hydrogens is 306 g/mol. The van der Waals surface area contributed by atoms with Crippen molar-refractivity contribution < 1.29 is 9.84 Å². The second kappa shape index (κ2) is 5.74. The Hall–Kier alpha value is -1.36. The van der Waals surface area contributed by atoms with Crippen LogP contribution in [0.5, 0.6) is 5.75 Å². The van der Waals surface area contributed by atoms with Crippen LogP contribution in [-0.2, 0) is 5.60 Å². The van der Waals surface area contributed by atoms with Crippen molar-refractivity contribution in [3.05, 3.63) is 64.1 Å². The van der Waals surface area contributed by atoms with Crippen LogP contribution in [-0.4, -0.2) is 18.8 Å². The lowest BCUT2D eigenvalue weighted by molar-refractivity contribution is 0.0899. The van der Waals surface area contributed by atoms with Crippen LogP contribution >= 0.6 is 15.9 Å². The highest BCUT2D eigenvalue weighted by atomic mass is 79.9. The van der Waals surface area contributed by atoms with Crippen LogP contribution < -0.4 is 10.5 Å². The summed E-state index contributed by atoms with van der Waals surface area (Å²) in [6.45, 7) is 0.0990. The second-order valence-corrected chi connectivity index (χ2v) is 5.22. The topological polar surface area (TPSA) is 55.5 Å². The molecule has 3 N–H and O–H groups in total. The average Bonchev–Trinajstić information content (AvgIpc) is 2.47. The highest BCUT2D eigenvalue weighted by Gasteiger charge is 2.30. The molecule has 1 atom stereocenters. The molecule has 0 aliphatic heterocycles. The lowest BCUT2D eigenvalue weighted by atomic mass is 9.86. The molecule has 0 fully saturated rings. The SMILES string of the molecule is COc1cccc(C(O)(CN)c2ccc(Br)cc2)c1. The molecule has 4 heteroatoms. The van der Waals surface area contributed by atoms with Crippen molar-refractivity contribution in [2.75, 3.05) is 13.7 Å². The highest BCUT2D eigenvalue weighted by Crippen LogP contribution is 2.31. The van der Waals surface area contributed by atoms with E-state index >= 15 is 0 Å². The van der Waals surface area contributed by atoms with Crippen LogP contribution in [0.2, 0.25) is 0 Å². The molecule has 2 rings (SSSR count). The second-order valence-electron chi connectivity index (χ2n) is 4.30. The molecular formula is C15H16BrNO2. The van der Waals surface area contributed by atoms with E-state index in [4.69, 9.17) is 10.5 Å². The van der Waals surface area contributed by atoms with Crippen molar-refractivity contribution in [3.8, 4) is 5.75 Å². The minimum absolute atomic E-state index is 0.0990. The Morgan fingerprint density at radius 3 is 2.42 bits per heavy atom. The van der Waals surface area contributed by atoms with Crippen LogP contribution in [0.15, 0.2) is 53.0 Å². The monoisotopic (exact) mass is 321 g/mol. The van der Waals surface area contributed by atoms with Crippen molar-refractivity contribution in [2.45, 2.75) is 5.60 Å². The van der Waals surface area contributed by atoms with Gasteiger partial charge in [0.1, 0.15) is 11.4 Å². The van der Waals surface area contributed by atoms with Gasteiger partial charge in [0.05, 0.1) is 7.11 Å². The molecule has 0 saturated heterocycles.